The van der Waals surface area contributed by atoms with Gasteiger partial charge in [0.05, 0.1) is 24.5 Å². The predicted molar refractivity (Wildman–Crippen MR) is 79.6 cm³/mol. The molecule has 0 aromatic heterocycles. The van der Waals surface area contributed by atoms with Crippen molar-refractivity contribution in [1.29, 1.82) is 0 Å². The van der Waals surface area contributed by atoms with Gasteiger partial charge in [0.15, 0.2) is 0 Å². The molecule has 1 saturated heterocycles. The number of halogens is 1. The van der Waals surface area contributed by atoms with Crippen molar-refractivity contribution in [1.82, 2.24) is 10.2 Å². The first kappa shape index (κ1) is 15.7. The first-order valence-electron chi connectivity index (χ1n) is 7.07. The third-order valence-corrected chi connectivity index (χ3v) is 3.85. The van der Waals surface area contributed by atoms with Gasteiger partial charge in [0.25, 0.3) is 5.91 Å². The van der Waals surface area contributed by atoms with Gasteiger partial charge in [0.2, 0.25) is 0 Å². The maximum absolute atomic E-state index is 13.4. The second-order valence-electron chi connectivity index (χ2n) is 5.80. The van der Waals surface area contributed by atoms with Gasteiger partial charge in [-0.25, -0.2) is 4.39 Å². The molecule has 0 spiro atoms. The molecule has 0 atom stereocenters. The number of nitrogens with one attached hydrogen (secondary N) is 1. The number of nitrogens with zero attached hydrogens (tertiary/aromatic N) is 1. The summed E-state index contributed by atoms with van der Waals surface area (Å²) in [6.45, 7) is 7.67. The van der Waals surface area contributed by atoms with E-state index in [0.29, 0.717) is 19.8 Å². The number of anilines is 1. The molecule has 0 bridgehead atoms. The topological polar surface area (TPSA) is 67.6 Å². The Kier molecular flexibility index (Phi) is 4.80. The molecule has 21 heavy (non-hydrogen) atoms. The number of nitrogens with two attached hydrogens (primary N) is 1. The molecule has 1 aliphatic rings. The molecule has 1 aromatic rings. The number of amides is 1. The van der Waals surface area contributed by atoms with E-state index in [4.69, 9.17) is 10.5 Å². The van der Waals surface area contributed by atoms with Gasteiger partial charge in [0, 0.05) is 25.2 Å². The summed E-state index contributed by atoms with van der Waals surface area (Å²) in [5.74, 6) is -0.927. The van der Waals surface area contributed by atoms with Crippen molar-refractivity contribution in [2.75, 3.05) is 38.6 Å². The number of hydrogen-bond acceptors (Lipinski definition) is 4. The van der Waals surface area contributed by atoms with E-state index in [0.717, 1.165) is 13.1 Å². The number of morpholine rings is 1. The van der Waals surface area contributed by atoms with Gasteiger partial charge in [0.1, 0.15) is 5.82 Å². The van der Waals surface area contributed by atoms with E-state index in [-0.39, 0.29) is 22.7 Å². The van der Waals surface area contributed by atoms with E-state index < -0.39 is 5.82 Å². The van der Waals surface area contributed by atoms with Gasteiger partial charge >= 0.3 is 0 Å². The highest BCUT2D eigenvalue weighted by atomic mass is 19.1. The Morgan fingerprint density at radius 2 is 2.10 bits per heavy atom. The summed E-state index contributed by atoms with van der Waals surface area (Å²) < 4.78 is 18.7. The van der Waals surface area contributed by atoms with Crippen molar-refractivity contribution in [3.63, 3.8) is 0 Å². The number of ether oxygens (including phenoxy) is 1. The van der Waals surface area contributed by atoms with Crippen LogP contribution in [0.5, 0.6) is 0 Å². The number of para-hydroxylation sites is 1. The molecule has 3 N–H and O–H groups in total. The van der Waals surface area contributed by atoms with Gasteiger partial charge in [-0.1, -0.05) is 6.07 Å². The summed E-state index contributed by atoms with van der Waals surface area (Å²) in [7, 11) is 0. The number of benzene rings is 1. The Bertz CT molecular complexity index is 514. The summed E-state index contributed by atoms with van der Waals surface area (Å²) in [6, 6.07) is 4.24. The number of rotatable bonds is 4. The first-order chi connectivity index (χ1) is 9.92. The van der Waals surface area contributed by atoms with Crippen molar-refractivity contribution < 1.29 is 13.9 Å². The largest absolute Gasteiger partial charge is 0.396 e. The van der Waals surface area contributed by atoms with E-state index >= 15 is 0 Å². The molecule has 6 heteroatoms. The van der Waals surface area contributed by atoms with E-state index in [1.807, 2.05) is 0 Å². The zero-order chi connectivity index (χ0) is 15.5. The van der Waals surface area contributed by atoms with Crippen molar-refractivity contribution in [2.24, 2.45) is 0 Å². The summed E-state index contributed by atoms with van der Waals surface area (Å²) >= 11 is 0. The van der Waals surface area contributed by atoms with Gasteiger partial charge in [-0.05, 0) is 26.0 Å². The minimum absolute atomic E-state index is 0.112. The van der Waals surface area contributed by atoms with Crippen LogP contribution in [0.3, 0.4) is 0 Å². The van der Waals surface area contributed by atoms with Gasteiger partial charge in [-0.2, -0.15) is 0 Å². The molecule has 0 radical (unpaired) electrons. The van der Waals surface area contributed by atoms with E-state index in [1.165, 1.54) is 18.2 Å². The Morgan fingerprint density at radius 3 is 2.76 bits per heavy atom. The zero-order valence-electron chi connectivity index (χ0n) is 12.5. The highest BCUT2D eigenvalue weighted by Gasteiger charge is 2.28. The molecule has 1 amide bonds. The summed E-state index contributed by atoms with van der Waals surface area (Å²) in [6.07, 6.45) is 0. The molecule has 116 valence electrons. The number of carbonyl (C=O) groups excluding carboxylic acids is 1. The van der Waals surface area contributed by atoms with E-state index in [1.54, 1.807) is 0 Å². The van der Waals surface area contributed by atoms with Crippen LogP contribution in [0.15, 0.2) is 18.2 Å². The smallest absolute Gasteiger partial charge is 0.253 e. The third kappa shape index (κ3) is 3.71. The Labute approximate surface area is 124 Å². The average molecular weight is 295 g/mol. The number of hydrogen-bond donors (Lipinski definition) is 2. The van der Waals surface area contributed by atoms with Crippen molar-refractivity contribution in [3.05, 3.63) is 29.6 Å². The van der Waals surface area contributed by atoms with Crippen LogP contribution in [0.25, 0.3) is 0 Å². The first-order valence-corrected chi connectivity index (χ1v) is 7.07. The summed E-state index contributed by atoms with van der Waals surface area (Å²) in [4.78, 5) is 14.4. The van der Waals surface area contributed by atoms with Crippen LogP contribution in [-0.4, -0.2) is 49.2 Å². The average Bonchev–Trinajstić information content (AvgIpc) is 2.49. The van der Waals surface area contributed by atoms with Crippen molar-refractivity contribution in [2.45, 2.75) is 19.4 Å². The zero-order valence-corrected chi connectivity index (χ0v) is 12.5. The Morgan fingerprint density at radius 1 is 1.43 bits per heavy atom. The van der Waals surface area contributed by atoms with Crippen LogP contribution >= 0.6 is 0 Å². The van der Waals surface area contributed by atoms with Crippen LogP contribution in [0.2, 0.25) is 0 Å². The molecule has 2 rings (SSSR count). The highest BCUT2D eigenvalue weighted by molar-refractivity contribution is 5.99. The SMILES string of the molecule is CC(C)(CNC(=O)c1cccc(F)c1N)N1CCOCC1. The second kappa shape index (κ2) is 6.41. The lowest BCUT2D eigenvalue weighted by molar-refractivity contribution is -0.00923. The monoisotopic (exact) mass is 295 g/mol. The van der Waals surface area contributed by atoms with Crippen LogP contribution in [0.1, 0.15) is 24.2 Å². The number of carbonyl (C=O) groups is 1. The van der Waals surface area contributed by atoms with Crippen LogP contribution in [0, 0.1) is 5.82 Å². The predicted octanol–water partition coefficient (Wildman–Crippen LogP) is 1.25. The maximum atomic E-state index is 13.4. The van der Waals surface area contributed by atoms with Gasteiger partial charge in [-0.15, -0.1) is 0 Å². The quantitative estimate of drug-likeness (QED) is 0.820. The fourth-order valence-electron chi connectivity index (χ4n) is 2.41. The van der Waals surface area contributed by atoms with E-state index in [2.05, 4.69) is 24.1 Å². The molecule has 0 saturated carbocycles. The molecule has 1 aromatic carbocycles. The van der Waals surface area contributed by atoms with Gasteiger partial charge < -0.3 is 15.8 Å². The minimum Gasteiger partial charge on any atom is -0.396 e. The maximum Gasteiger partial charge on any atom is 0.253 e. The normalized spacial score (nSPS) is 16.7. The van der Waals surface area contributed by atoms with Crippen LogP contribution in [0.4, 0.5) is 10.1 Å². The lowest BCUT2D eigenvalue weighted by Crippen LogP contribution is -2.55. The fraction of sp³-hybridized carbons (Fsp3) is 0.533. The summed E-state index contributed by atoms with van der Waals surface area (Å²) in [5, 5.41) is 2.84. The van der Waals surface area contributed by atoms with Crippen molar-refractivity contribution in [3.8, 4) is 0 Å². The molecule has 1 heterocycles. The lowest BCUT2D eigenvalue weighted by atomic mass is 10.0. The second-order valence-corrected chi connectivity index (χ2v) is 5.80. The number of nitrogen functional groups attached to an aromatic ring is 1. The minimum atomic E-state index is -0.574. The van der Waals surface area contributed by atoms with Crippen molar-refractivity contribution >= 4 is 11.6 Å². The third-order valence-electron chi connectivity index (χ3n) is 3.85. The Hall–Kier alpha value is -1.66. The molecule has 1 fully saturated rings. The lowest BCUT2D eigenvalue weighted by Gasteiger charge is -2.40. The fourth-order valence-corrected chi connectivity index (χ4v) is 2.41. The highest BCUT2D eigenvalue weighted by Crippen LogP contribution is 2.18. The molecular formula is C15H22FN3O2. The molecule has 5 nitrogen and oxygen atoms in total. The van der Waals surface area contributed by atoms with Crippen LogP contribution < -0.4 is 11.1 Å². The molecular weight excluding hydrogens is 273 g/mol. The van der Waals surface area contributed by atoms with E-state index in [9.17, 15) is 9.18 Å². The summed E-state index contributed by atoms with van der Waals surface area (Å²) in [5.41, 5.74) is 5.47. The molecule has 0 aliphatic carbocycles. The Balaban J connectivity index is 1.98. The van der Waals surface area contributed by atoms with Gasteiger partial charge in [-0.3, -0.25) is 9.69 Å². The standard InChI is InChI=1S/C15H22FN3O2/c1-15(2,19-6-8-21-9-7-19)10-18-14(20)11-4-3-5-12(16)13(11)17/h3-5H,6-10,17H2,1-2H3,(H,18,20). The molecule has 1 aliphatic heterocycles. The van der Waals surface area contributed by atoms with Crippen LogP contribution in [-0.2, 0) is 4.74 Å². The molecule has 0 unspecified atom stereocenters.